The van der Waals surface area contributed by atoms with E-state index in [9.17, 15) is 4.79 Å². The lowest BCUT2D eigenvalue weighted by atomic mass is 9.76. The zero-order chi connectivity index (χ0) is 25.7. The molecule has 184 valence electrons. The Labute approximate surface area is 210 Å². The number of fused-ring (bicyclic) bond motifs is 1. The van der Waals surface area contributed by atoms with Crippen LogP contribution >= 0.6 is 0 Å². The van der Waals surface area contributed by atoms with Crippen LogP contribution in [0.4, 0.5) is 0 Å². The number of hydrogen-bond acceptors (Lipinski definition) is 3. The molecule has 3 heteroatoms. The van der Waals surface area contributed by atoms with Gasteiger partial charge in [0.25, 0.3) is 0 Å². The second kappa shape index (κ2) is 8.86. The second-order valence-electron chi connectivity index (χ2n) is 11.8. The highest BCUT2D eigenvalue weighted by atomic mass is 16.5. The van der Waals surface area contributed by atoms with Crippen LogP contribution in [0.1, 0.15) is 87.8 Å². The molecule has 35 heavy (non-hydrogen) atoms. The smallest absolute Gasteiger partial charge is 0.323 e. The first-order chi connectivity index (χ1) is 16.3. The van der Waals surface area contributed by atoms with Gasteiger partial charge in [0.15, 0.2) is 0 Å². The maximum absolute atomic E-state index is 13.6. The Bertz CT molecular complexity index is 1270. The molecule has 1 aliphatic heterocycles. The van der Waals surface area contributed by atoms with E-state index in [0.29, 0.717) is 6.61 Å². The highest BCUT2D eigenvalue weighted by molar-refractivity contribution is 5.93. The van der Waals surface area contributed by atoms with Gasteiger partial charge < -0.3 is 9.47 Å². The lowest BCUT2D eigenvalue weighted by molar-refractivity contribution is -0.133. The van der Waals surface area contributed by atoms with E-state index in [2.05, 4.69) is 91.8 Å². The summed E-state index contributed by atoms with van der Waals surface area (Å²) in [4.78, 5) is 13.6. The van der Waals surface area contributed by atoms with Crippen LogP contribution in [-0.4, -0.2) is 12.6 Å². The quantitative estimate of drug-likeness (QED) is 0.286. The maximum atomic E-state index is 13.6. The van der Waals surface area contributed by atoms with Gasteiger partial charge in [0.05, 0.1) is 6.61 Å². The Morgan fingerprint density at radius 1 is 0.857 bits per heavy atom. The molecule has 0 saturated heterocycles. The van der Waals surface area contributed by atoms with Crippen LogP contribution in [-0.2, 0) is 15.6 Å². The van der Waals surface area contributed by atoms with Crippen molar-refractivity contribution in [3.05, 3.63) is 81.9 Å². The standard InChI is InChI=1S/C32H38O3/c1-10-34-23-13-11-21(12-14-23)27-20(3)15-19(2)16-24(27)28-25-17-22(31(4,5)6)18-26(32(7,8)9)29(25)35-30(28)33/h11-18,28H,10H2,1-9H3. The fraction of sp³-hybridized carbons (Fsp3) is 0.406. The molecule has 0 amide bonds. The molecular weight excluding hydrogens is 432 g/mol. The molecule has 0 aliphatic carbocycles. The number of carbonyl (C=O) groups excluding carboxylic acids is 1. The molecule has 0 spiro atoms. The second-order valence-corrected chi connectivity index (χ2v) is 11.8. The van der Waals surface area contributed by atoms with Crippen molar-refractivity contribution in [2.24, 2.45) is 0 Å². The van der Waals surface area contributed by atoms with E-state index in [1.54, 1.807) is 0 Å². The SMILES string of the molecule is CCOc1ccc(-c2c(C)cc(C)cc2C2C(=O)Oc3c2cc(C(C)(C)C)cc3C(C)(C)C)cc1. The third-order valence-electron chi connectivity index (χ3n) is 6.82. The average molecular weight is 471 g/mol. The number of esters is 1. The van der Waals surface area contributed by atoms with Gasteiger partial charge >= 0.3 is 5.97 Å². The van der Waals surface area contributed by atoms with E-state index in [4.69, 9.17) is 9.47 Å². The number of rotatable bonds is 4. The fourth-order valence-corrected chi connectivity index (χ4v) is 5.06. The number of hydrogen-bond donors (Lipinski definition) is 0. The van der Waals surface area contributed by atoms with Crippen LogP contribution in [0, 0.1) is 13.8 Å². The minimum Gasteiger partial charge on any atom is -0.494 e. The number of ether oxygens (including phenoxy) is 2. The zero-order valence-electron chi connectivity index (χ0n) is 22.6. The first-order valence-electron chi connectivity index (χ1n) is 12.6. The van der Waals surface area contributed by atoms with Gasteiger partial charge in [-0.3, -0.25) is 4.79 Å². The maximum Gasteiger partial charge on any atom is 0.323 e. The molecule has 0 N–H and O–H groups in total. The van der Waals surface area contributed by atoms with E-state index in [-0.39, 0.29) is 16.8 Å². The molecule has 4 rings (SSSR count). The van der Waals surface area contributed by atoms with Crippen LogP contribution in [0.3, 0.4) is 0 Å². The van der Waals surface area contributed by atoms with Crippen LogP contribution in [0.5, 0.6) is 11.5 Å². The average Bonchev–Trinajstić information content (AvgIpc) is 3.07. The highest BCUT2D eigenvalue weighted by Gasteiger charge is 2.40. The van der Waals surface area contributed by atoms with Crippen LogP contribution in [0.25, 0.3) is 11.1 Å². The van der Waals surface area contributed by atoms with Gasteiger partial charge in [-0.05, 0) is 71.6 Å². The van der Waals surface area contributed by atoms with Crippen molar-refractivity contribution >= 4 is 5.97 Å². The molecule has 1 heterocycles. The summed E-state index contributed by atoms with van der Waals surface area (Å²) in [6.45, 7) is 20.0. The molecule has 3 aromatic rings. The van der Waals surface area contributed by atoms with Crippen molar-refractivity contribution < 1.29 is 14.3 Å². The highest BCUT2D eigenvalue weighted by Crippen LogP contribution is 2.49. The summed E-state index contributed by atoms with van der Waals surface area (Å²) in [6, 6.07) is 16.9. The summed E-state index contributed by atoms with van der Waals surface area (Å²) in [5.41, 5.74) is 8.53. The van der Waals surface area contributed by atoms with E-state index in [1.807, 2.05) is 19.1 Å². The number of carbonyl (C=O) groups is 1. The normalized spacial score (nSPS) is 15.7. The van der Waals surface area contributed by atoms with Gasteiger partial charge in [-0.1, -0.05) is 83.5 Å². The van der Waals surface area contributed by atoms with Gasteiger partial charge in [0.2, 0.25) is 0 Å². The Hall–Kier alpha value is -3.07. The van der Waals surface area contributed by atoms with Gasteiger partial charge in [-0.15, -0.1) is 0 Å². The van der Waals surface area contributed by atoms with E-state index < -0.39 is 5.92 Å². The predicted octanol–water partition coefficient (Wildman–Crippen LogP) is 8.02. The third kappa shape index (κ3) is 4.74. The van der Waals surface area contributed by atoms with Gasteiger partial charge in [0, 0.05) is 11.1 Å². The first-order valence-corrected chi connectivity index (χ1v) is 12.6. The van der Waals surface area contributed by atoms with Crippen molar-refractivity contribution in [1.82, 2.24) is 0 Å². The summed E-state index contributed by atoms with van der Waals surface area (Å²) >= 11 is 0. The lowest BCUT2D eigenvalue weighted by Crippen LogP contribution is -2.17. The van der Waals surface area contributed by atoms with Gasteiger partial charge in [-0.25, -0.2) is 0 Å². The monoisotopic (exact) mass is 470 g/mol. The topological polar surface area (TPSA) is 35.5 Å². The third-order valence-corrected chi connectivity index (χ3v) is 6.82. The Morgan fingerprint density at radius 2 is 1.51 bits per heavy atom. The number of benzene rings is 3. The fourth-order valence-electron chi connectivity index (χ4n) is 5.06. The van der Waals surface area contributed by atoms with Crippen molar-refractivity contribution in [2.75, 3.05) is 6.61 Å². The van der Waals surface area contributed by atoms with Gasteiger partial charge in [-0.2, -0.15) is 0 Å². The summed E-state index contributed by atoms with van der Waals surface area (Å²) in [7, 11) is 0. The lowest BCUT2D eigenvalue weighted by Gasteiger charge is -2.27. The van der Waals surface area contributed by atoms with Crippen LogP contribution in [0.2, 0.25) is 0 Å². The Balaban J connectivity index is 1.97. The van der Waals surface area contributed by atoms with Crippen molar-refractivity contribution in [3.63, 3.8) is 0 Å². The molecule has 0 saturated carbocycles. The van der Waals surface area contributed by atoms with Crippen LogP contribution in [0.15, 0.2) is 48.5 Å². The molecule has 1 atom stereocenters. The van der Waals surface area contributed by atoms with E-state index >= 15 is 0 Å². The molecule has 0 bridgehead atoms. The Kier molecular flexibility index (Phi) is 6.34. The molecule has 1 unspecified atom stereocenters. The summed E-state index contributed by atoms with van der Waals surface area (Å²) in [5.74, 6) is 0.914. The van der Waals surface area contributed by atoms with E-state index in [1.165, 1.54) is 5.56 Å². The van der Waals surface area contributed by atoms with E-state index in [0.717, 1.165) is 50.4 Å². The number of aryl methyl sites for hydroxylation is 2. The van der Waals surface area contributed by atoms with Crippen LogP contribution < -0.4 is 9.47 Å². The van der Waals surface area contributed by atoms with Crippen molar-refractivity contribution in [1.29, 1.82) is 0 Å². The molecule has 3 nitrogen and oxygen atoms in total. The molecule has 0 radical (unpaired) electrons. The molecule has 0 aromatic heterocycles. The Morgan fingerprint density at radius 3 is 2.09 bits per heavy atom. The predicted molar refractivity (Wildman–Crippen MR) is 144 cm³/mol. The molecule has 3 aromatic carbocycles. The summed E-state index contributed by atoms with van der Waals surface area (Å²) < 4.78 is 11.7. The minimum absolute atomic E-state index is 0.0499. The largest absolute Gasteiger partial charge is 0.494 e. The van der Waals surface area contributed by atoms with Crippen molar-refractivity contribution in [2.45, 2.75) is 79.1 Å². The molecule has 0 fully saturated rings. The van der Waals surface area contributed by atoms with Crippen molar-refractivity contribution in [3.8, 4) is 22.6 Å². The van der Waals surface area contributed by atoms with Gasteiger partial charge in [0.1, 0.15) is 17.4 Å². The summed E-state index contributed by atoms with van der Waals surface area (Å²) in [6.07, 6.45) is 0. The minimum atomic E-state index is -0.464. The zero-order valence-corrected chi connectivity index (χ0v) is 22.6. The summed E-state index contributed by atoms with van der Waals surface area (Å²) in [5, 5.41) is 0. The molecule has 1 aliphatic rings. The molecular formula is C32H38O3. The first kappa shape index (κ1) is 25.0.